The molecular formula is C21H27BrN2OS2. The van der Waals surface area contributed by atoms with Crippen molar-refractivity contribution in [3.05, 3.63) is 45.4 Å². The molecule has 2 unspecified atom stereocenters. The molecule has 0 spiro atoms. The summed E-state index contributed by atoms with van der Waals surface area (Å²) in [7, 11) is 0. The molecule has 3 rings (SSSR count). The molecule has 3 nitrogen and oxygen atoms in total. The van der Waals surface area contributed by atoms with E-state index >= 15 is 0 Å². The van der Waals surface area contributed by atoms with Gasteiger partial charge in [0.05, 0.1) is 12.1 Å². The monoisotopic (exact) mass is 466 g/mol. The van der Waals surface area contributed by atoms with E-state index in [2.05, 4.69) is 71.3 Å². The summed E-state index contributed by atoms with van der Waals surface area (Å²) in [5, 5.41) is 5.25. The number of carbonyl (C=O) groups excluding carboxylic acids is 1. The Bertz CT molecular complexity index is 773. The van der Waals surface area contributed by atoms with Crippen LogP contribution in [0.15, 0.2) is 38.5 Å². The Morgan fingerprint density at radius 3 is 2.78 bits per heavy atom. The minimum absolute atomic E-state index is 0.0969. The molecule has 1 N–H and O–H groups in total. The number of hydrogen-bond acceptors (Lipinski definition) is 4. The first-order valence-electron chi connectivity index (χ1n) is 9.40. The van der Waals surface area contributed by atoms with Crippen molar-refractivity contribution in [2.45, 2.75) is 62.6 Å². The molecule has 2 atom stereocenters. The Morgan fingerprint density at radius 1 is 1.33 bits per heavy atom. The topological polar surface area (TPSA) is 42.0 Å². The minimum Gasteiger partial charge on any atom is -0.353 e. The van der Waals surface area contributed by atoms with Gasteiger partial charge in [0.15, 0.2) is 0 Å². The van der Waals surface area contributed by atoms with E-state index in [0.717, 1.165) is 33.1 Å². The van der Waals surface area contributed by atoms with Gasteiger partial charge in [0, 0.05) is 21.6 Å². The van der Waals surface area contributed by atoms with Gasteiger partial charge in [0.25, 0.3) is 0 Å². The summed E-state index contributed by atoms with van der Waals surface area (Å²) in [6.07, 6.45) is 3.76. The van der Waals surface area contributed by atoms with Gasteiger partial charge in [-0.3, -0.25) is 4.79 Å². The summed E-state index contributed by atoms with van der Waals surface area (Å²) in [5.41, 5.74) is 2.46. The lowest BCUT2D eigenvalue weighted by molar-refractivity contribution is -0.121. The van der Waals surface area contributed by atoms with E-state index in [0.29, 0.717) is 23.8 Å². The fourth-order valence-corrected chi connectivity index (χ4v) is 6.13. The second kappa shape index (κ2) is 9.10. The Labute approximate surface area is 178 Å². The van der Waals surface area contributed by atoms with Gasteiger partial charge in [0.2, 0.25) is 5.91 Å². The van der Waals surface area contributed by atoms with Crippen LogP contribution < -0.4 is 5.32 Å². The van der Waals surface area contributed by atoms with E-state index in [-0.39, 0.29) is 5.91 Å². The number of carbonyl (C=O) groups is 1. The van der Waals surface area contributed by atoms with Crippen molar-refractivity contribution in [1.29, 1.82) is 0 Å². The standard InChI is InChI=1S/C21H27BrN2OS2/c1-14-8-17(11-21(2,3)10-14)23-19(25)9-18-13-27-20(24-18)26-12-15-4-6-16(22)7-5-15/h4-7,13-14,17H,8-12H2,1-3H3,(H,23,25). The summed E-state index contributed by atoms with van der Waals surface area (Å²) < 4.78 is 2.11. The van der Waals surface area contributed by atoms with Crippen molar-refractivity contribution < 1.29 is 4.79 Å². The summed E-state index contributed by atoms with van der Waals surface area (Å²) in [6, 6.07) is 8.64. The molecule has 146 valence electrons. The van der Waals surface area contributed by atoms with E-state index in [1.165, 1.54) is 12.0 Å². The maximum Gasteiger partial charge on any atom is 0.226 e. The highest BCUT2D eigenvalue weighted by molar-refractivity contribution is 9.10. The Morgan fingerprint density at radius 2 is 2.07 bits per heavy atom. The SMILES string of the molecule is CC1CC(NC(=O)Cc2csc(SCc3ccc(Br)cc3)n2)CC(C)(C)C1. The van der Waals surface area contributed by atoms with E-state index < -0.39 is 0 Å². The Balaban J connectivity index is 1.48. The number of thiazole rings is 1. The smallest absolute Gasteiger partial charge is 0.226 e. The average Bonchev–Trinajstić information content (AvgIpc) is 2.99. The molecule has 0 bridgehead atoms. The van der Waals surface area contributed by atoms with Gasteiger partial charge in [-0.15, -0.1) is 11.3 Å². The van der Waals surface area contributed by atoms with Gasteiger partial charge in [-0.1, -0.05) is 60.6 Å². The van der Waals surface area contributed by atoms with Crippen molar-refractivity contribution >= 4 is 44.9 Å². The average molecular weight is 467 g/mol. The number of rotatable bonds is 6. The first kappa shape index (κ1) is 20.9. The van der Waals surface area contributed by atoms with Crippen LogP contribution in [0, 0.1) is 11.3 Å². The van der Waals surface area contributed by atoms with Crippen LogP contribution in [0.1, 0.15) is 51.3 Å². The molecular weight excluding hydrogens is 440 g/mol. The molecule has 27 heavy (non-hydrogen) atoms. The van der Waals surface area contributed by atoms with Crippen LogP contribution in [-0.2, 0) is 17.0 Å². The number of nitrogens with zero attached hydrogens (tertiary/aromatic N) is 1. The molecule has 1 aliphatic carbocycles. The number of halogens is 1. The summed E-state index contributed by atoms with van der Waals surface area (Å²) >= 11 is 6.80. The highest BCUT2D eigenvalue weighted by atomic mass is 79.9. The number of nitrogens with one attached hydrogen (secondary N) is 1. The van der Waals surface area contributed by atoms with Gasteiger partial charge >= 0.3 is 0 Å². The highest BCUT2D eigenvalue weighted by Gasteiger charge is 2.32. The number of thioether (sulfide) groups is 1. The van der Waals surface area contributed by atoms with Crippen LogP contribution in [0.5, 0.6) is 0 Å². The van der Waals surface area contributed by atoms with Crippen LogP contribution in [-0.4, -0.2) is 16.9 Å². The fraction of sp³-hybridized carbons (Fsp3) is 0.524. The van der Waals surface area contributed by atoms with Crippen LogP contribution >= 0.6 is 39.0 Å². The zero-order valence-corrected chi connectivity index (χ0v) is 19.3. The third kappa shape index (κ3) is 6.61. The third-order valence-corrected chi connectivity index (χ3v) is 7.57. The minimum atomic E-state index is 0.0969. The molecule has 0 aliphatic heterocycles. The van der Waals surface area contributed by atoms with E-state index in [9.17, 15) is 4.79 Å². The van der Waals surface area contributed by atoms with Crippen molar-refractivity contribution in [1.82, 2.24) is 10.3 Å². The first-order valence-corrected chi connectivity index (χ1v) is 12.1. The Kier molecular flexibility index (Phi) is 7.03. The number of aromatic nitrogens is 1. The molecule has 6 heteroatoms. The normalized spacial score (nSPS) is 21.8. The molecule has 1 heterocycles. The summed E-state index contributed by atoms with van der Waals surface area (Å²) in [5.74, 6) is 1.65. The van der Waals surface area contributed by atoms with Gasteiger partial charge in [-0.2, -0.15) is 0 Å². The maximum atomic E-state index is 12.5. The summed E-state index contributed by atoms with van der Waals surface area (Å²) in [6.45, 7) is 6.89. The molecule has 0 saturated heterocycles. The number of amides is 1. The zero-order valence-electron chi connectivity index (χ0n) is 16.1. The van der Waals surface area contributed by atoms with Crippen molar-refractivity contribution in [3.8, 4) is 0 Å². The van der Waals surface area contributed by atoms with Crippen molar-refractivity contribution in [2.24, 2.45) is 11.3 Å². The van der Waals surface area contributed by atoms with Gasteiger partial charge in [-0.05, 0) is 48.3 Å². The largest absolute Gasteiger partial charge is 0.353 e. The van der Waals surface area contributed by atoms with Gasteiger partial charge < -0.3 is 5.32 Å². The van der Waals surface area contributed by atoms with Crippen LogP contribution in [0.3, 0.4) is 0 Å². The van der Waals surface area contributed by atoms with Crippen LogP contribution in [0.25, 0.3) is 0 Å². The second-order valence-electron chi connectivity index (χ2n) is 8.37. The van der Waals surface area contributed by atoms with Crippen LogP contribution in [0.2, 0.25) is 0 Å². The van der Waals surface area contributed by atoms with Crippen molar-refractivity contribution in [2.75, 3.05) is 0 Å². The second-order valence-corrected chi connectivity index (χ2v) is 11.4. The molecule has 1 saturated carbocycles. The van der Waals surface area contributed by atoms with E-state index in [1.54, 1.807) is 23.1 Å². The fourth-order valence-electron chi connectivity index (χ4n) is 4.06. The lowest BCUT2D eigenvalue weighted by atomic mass is 9.70. The lowest BCUT2D eigenvalue weighted by Crippen LogP contribution is -2.43. The molecule has 1 aliphatic rings. The van der Waals surface area contributed by atoms with Gasteiger partial charge in [0.1, 0.15) is 4.34 Å². The maximum absolute atomic E-state index is 12.5. The Hall–Kier alpha value is -0.850. The van der Waals surface area contributed by atoms with Gasteiger partial charge in [-0.25, -0.2) is 4.98 Å². The number of benzene rings is 1. The first-order chi connectivity index (χ1) is 12.8. The van der Waals surface area contributed by atoms with Crippen LogP contribution in [0.4, 0.5) is 0 Å². The van der Waals surface area contributed by atoms with Crippen molar-refractivity contribution in [3.63, 3.8) is 0 Å². The molecule has 1 aromatic carbocycles. The van der Waals surface area contributed by atoms with E-state index in [4.69, 9.17) is 0 Å². The molecule has 1 fully saturated rings. The lowest BCUT2D eigenvalue weighted by Gasteiger charge is -2.39. The molecule has 2 aromatic rings. The zero-order chi connectivity index (χ0) is 19.4. The molecule has 1 aromatic heterocycles. The predicted molar refractivity (Wildman–Crippen MR) is 118 cm³/mol. The quantitative estimate of drug-likeness (QED) is 0.524. The summed E-state index contributed by atoms with van der Waals surface area (Å²) in [4.78, 5) is 17.1. The molecule has 0 radical (unpaired) electrons. The third-order valence-electron chi connectivity index (χ3n) is 4.90. The van der Waals surface area contributed by atoms with E-state index in [1.807, 2.05) is 5.38 Å². The highest BCUT2D eigenvalue weighted by Crippen LogP contribution is 2.38. The molecule has 1 amide bonds. The predicted octanol–water partition coefficient (Wildman–Crippen LogP) is 6.07. The number of hydrogen-bond donors (Lipinski definition) is 1.